The smallest absolute Gasteiger partial charge is 0.338 e. The number of hydrogen-bond acceptors (Lipinski definition) is 3. The highest BCUT2D eigenvalue weighted by Gasteiger charge is 2.22. The topological polar surface area (TPSA) is 44.3 Å². The third-order valence-electron chi connectivity index (χ3n) is 4.57. The van der Waals surface area contributed by atoms with Crippen LogP contribution in [0.5, 0.6) is 5.75 Å². The van der Waals surface area contributed by atoms with Crippen LogP contribution in [0.25, 0.3) is 11.0 Å². The summed E-state index contributed by atoms with van der Waals surface area (Å²) in [5.74, 6) is 1.47. The van der Waals surface area contributed by atoms with Crippen LogP contribution in [-0.2, 0) is 17.8 Å². The summed E-state index contributed by atoms with van der Waals surface area (Å²) in [5.41, 5.74) is 2.63. The average molecular weight is 388 g/mol. The molecule has 0 unspecified atom stereocenters. The maximum Gasteiger partial charge on any atom is 0.338 e. The first kappa shape index (κ1) is 19.2. The van der Waals surface area contributed by atoms with Crippen molar-refractivity contribution in [2.45, 2.75) is 33.9 Å². The lowest BCUT2D eigenvalue weighted by Gasteiger charge is -2.07. The number of aromatic nitrogens is 2. The number of benzene rings is 2. The van der Waals surface area contributed by atoms with Crippen LogP contribution >= 0.6 is 11.6 Å². The van der Waals surface area contributed by atoms with Crippen LogP contribution in [0.1, 0.15) is 30.0 Å². The summed E-state index contributed by atoms with van der Waals surface area (Å²) in [7, 11) is 0. The Labute approximate surface area is 164 Å². The number of hydrogen-bond donors (Lipinski definition) is 0. The predicted molar refractivity (Wildman–Crippen MR) is 105 cm³/mol. The lowest BCUT2D eigenvalue weighted by atomic mass is 10.2. The van der Waals surface area contributed by atoms with Gasteiger partial charge in [0.15, 0.2) is 11.0 Å². The molecule has 0 radical (unpaired) electrons. The molecule has 0 fully saturated rings. The second-order valence-electron chi connectivity index (χ2n) is 6.15. The molecular weight excluding hydrogens is 364 g/mol. The van der Waals surface area contributed by atoms with Crippen molar-refractivity contribution in [2.75, 3.05) is 13.2 Å². The third-order valence-corrected chi connectivity index (χ3v) is 4.89. The molecule has 0 amide bonds. The van der Waals surface area contributed by atoms with Gasteiger partial charge in [-0.1, -0.05) is 23.7 Å². The quantitative estimate of drug-likeness (QED) is 0.451. The number of para-hydroxylation sites is 1. The number of fused-ring (bicyclic) bond motifs is 1. The van der Waals surface area contributed by atoms with Gasteiger partial charge in [0.05, 0.1) is 23.7 Å². The minimum Gasteiger partial charge on any atom is -0.488 e. The Morgan fingerprint density at radius 3 is 2.67 bits per heavy atom. The molecule has 0 aliphatic rings. The summed E-state index contributed by atoms with van der Waals surface area (Å²) >= 11 is 6.16. The zero-order valence-electron chi connectivity index (χ0n) is 15.9. The van der Waals surface area contributed by atoms with Crippen LogP contribution in [0.3, 0.4) is 0 Å². The number of carbonyl (C=O) groups excluding carboxylic acids is 1. The van der Waals surface area contributed by atoms with Gasteiger partial charge < -0.3 is 9.47 Å². The van der Waals surface area contributed by atoms with Gasteiger partial charge in [-0.25, -0.2) is 13.9 Å². The fraction of sp³-hybridized carbons (Fsp3) is 0.333. The van der Waals surface area contributed by atoms with Gasteiger partial charge in [-0.3, -0.25) is 0 Å². The Balaban J connectivity index is 1.90. The lowest BCUT2D eigenvalue weighted by Crippen LogP contribution is -2.35. The molecule has 1 aromatic heterocycles. The van der Waals surface area contributed by atoms with E-state index in [2.05, 4.69) is 23.0 Å². The third kappa shape index (κ3) is 3.93. The number of esters is 1. The van der Waals surface area contributed by atoms with Gasteiger partial charge in [0.1, 0.15) is 18.9 Å². The lowest BCUT2D eigenvalue weighted by molar-refractivity contribution is -0.675. The van der Waals surface area contributed by atoms with E-state index in [1.54, 1.807) is 6.92 Å². The van der Waals surface area contributed by atoms with E-state index < -0.39 is 0 Å². The standard InChI is InChI=1S/C21H24ClN2O3/c1-4-23-15(3)24(12-13-27-20-9-7-6-8-17(20)22)19-14-16(10-11-18(19)23)21(25)26-5-2/h6-11,14H,4-5,12-13H2,1-3H3/q+1. The van der Waals surface area contributed by atoms with E-state index in [-0.39, 0.29) is 5.97 Å². The molecular formula is C21H24ClN2O3+. The van der Waals surface area contributed by atoms with Gasteiger partial charge in [0.2, 0.25) is 0 Å². The van der Waals surface area contributed by atoms with Crippen molar-refractivity contribution in [3.8, 4) is 5.75 Å². The molecule has 3 rings (SSSR count). The first-order valence-electron chi connectivity index (χ1n) is 9.14. The Hall–Kier alpha value is -2.53. The summed E-state index contributed by atoms with van der Waals surface area (Å²) in [6.07, 6.45) is 0. The van der Waals surface area contributed by atoms with E-state index in [9.17, 15) is 4.79 Å². The van der Waals surface area contributed by atoms with Crippen molar-refractivity contribution in [1.29, 1.82) is 0 Å². The van der Waals surface area contributed by atoms with Crippen molar-refractivity contribution in [2.24, 2.45) is 0 Å². The zero-order valence-corrected chi connectivity index (χ0v) is 16.6. The van der Waals surface area contributed by atoms with Gasteiger partial charge in [0.25, 0.3) is 5.82 Å². The van der Waals surface area contributed by atoms with Crippen molar-refractivity contribution >= 4 is 28.6 Å². The van der Waals surface area contributed by atoms with Gasteiger partial charge in [-0.15, -0.1) is 0 Å². The molecule has 27 heavy (non-hydrogen) atoms. The second kappa shape index (κ2) is 8.44. The zero-order chi connectivity index (χ0) is 19.4. The summed E-state index contributed by atoms with van der Waals surface area (Å²) in [5, 5.41) is 0.597. The van der Waals surface area contributed by atoms with Crippen LogP contribution in [0.4, 0.5) is 0 Å². The molecule has 0 atom stereocenters. The Bertz CT molecular complexity index is 965. The van der Waals surface area contributed by atoms with Crippen LogP contribution in [0.15, 0.2) is 42.5 Å². The molecule has 0 spiro atoms. The highest BCUT2D eigenvalue weighted by molar-refractivity contribution is 6.32. The molecule has 0 N–H and O–H groups in total. The Morgan fingerprint density at radius 1 is 1.19 bits per heavy atom. The fourth-order valence-electron chi connectivity index (χ4n) is 3.29. The first-order valence-corrected chi connectivity index (χ1v) is 9.51. The molecule has 0 aliphatic carbocycles. The number of halogens is 1. The number of rotatable bonds is 7. The first-order chi connectivity index (χ1) is 13.1. The minimum absolute atomic E-state index is 0.305. The van der Waals surface area contributed by atoms with Gasteiger partial charge in [-0.05, 0) is 38.1 Å². The van der Waals surface area contributed by atoms with E-state index in [1.807, 2.05) is 42.5 Å². The molecule has 0 saturated carbocycles. The van der Waals surface area contributed by atoms with Crippen LogP contribution in [0.2, 0.25) is 5.02 Å². The van der Waals surface area contributed by atoms with Crippen molar-refractivity contribution in [3.63, 3.8) is 0 Å². The minimum atomic E-state index is -0.305. The SMILES string of the molecule is CCOC(=O)c1ccc2c(c1)n(CCOc1ccccc1Cl)c(C)[n+]2CC. The van der Waals surface area contributed by atoms with E-state index in [4.69, 9.17) is 21.1 Å². The van der Waals surface area contributed by atoms with E-state index >= 15 is 0 Å². The molecule has 1 heterocycles. The molecule has 6 heteroatoms. The predicted octanol–water partition coefficient (Wildman–Crippen LogP) is 4.17. The van der Waals surface area contributed by atoms with E-state index in [0.29, 0.717) is 36.1 Å². The number of ether oxygens (including phenoxy) is 2. The molecule has 3 aromatic rings. The number of imidazole rings is 1. The summed E-state index contributed by atoms with van der Waals surface area (Å²) < 4.78 is 15.4. The number of carbonyl (C=O) groups is 1. The van der Waals surface area contributed by atoms with Gasteiger partial charge >= 0.3 is 5.97 Å². The Morgan fingerprint density at radius 2 is 1.96 bits per heavy atom. The van der Waals surface area contributed by atoms with Gasteiger partial charge in [-0.2, -0.15) is 0 Å². The fourth-order valence-corrected chi connectivity index (χ4v) is 3.48. The van der Waals surface area contributed by atoms with Crippen molar-refractivity contribution < 1.29 is 18.8 Å². The number of nitrogens with zero attached hydrogens (tertiary/aromatic N) is 2. The largest absolute Gasteiger partial charge is 0.488 e. The molecule has 5 nitrogen and oxygen atoms in total. The second-order valence-corrected chi connectivity index (χ2v) is 6.55. The molecule has 0 aliphatic heterocycles. The normalized spacial score (nSPS) is 11.0. The van der Waals surface area contributed by atoms with E-state index in [0.717, 1.165) is 23.4 Å². The Kier molecular flexibility index (Phi) is 6.01. The van der Waals surface area contributed by atoms with Crippen molar-refractivity contribution in [1.82, 2.24) is 4.57 Å². The molecule has 0 saturated heterocycles. The maximum atomic E-state index is 12.1. The van der Waals surface area contributed by atoms with Crippen molar-refractivity contribution in [3.05, 3.63) is 58.9 Å². The summed E-state index contributed by atoms with van der Waals surface area (Å²) in [6.45, 7) is 8.31. The van der Waals surface area contributed by atoms with E-state index in [1.165, 1.54) is 0 Å². The summed E-state index contributed by atoms with van der Waals surface area (Å²) in [4.78, 5) is 12.1. The monoisotopic (exact) mass is 387 g/mol. The molecule has 142 valence electrons. The van der Waals surface area contributed by atoms with Gasteiger partial charge in [0, 0.05) is 13.0 Å². The van der Waals surface area contributed by atoms with Crippen LogP contribution < -0.4 is 9.30 Å². The average Bonchev–Trinajstić information content (AvgIpc) is 2.94. The molecule has 2 aromatic carbocycles. The maximum absolute atomic E-state index is 12.1. The van der Waals surface area contributed by atoms with Crippen LogP contribution in [-0.4, -0.2) is 23.8 Å². The highest BCUT2D eigenvalue weighted by Crippen LogP contribution is 2.23. The van der Waals surface area contributed by atoms with Crippen LogP contribution in [0, 0.1) is 6.92 Å². The summed E-state index contributed by atoms with van der Waals surface area (Å²) in [6, 6.07) is 13.1. The molecule has 0 bridgehead atoms. The highest BCUT2D eigenvalue weighted by atomic mass is 35.5. The number of aryl methyl sites for hydroxylation is 1.